The molecule has 1 radical (unpaired) electrons. The molecule has 0 aliphatic carbocycles. The van der Waals surface area contributed by atoms with Crippen LogP contribution in [0.1, 0.15) is 34.1 Å². The number of hydroxylamine groups is 2. The molecule has 1 fully saturated rings. The van der Waals surface area contributed by atoms with Gasteiger partial charge in [0, 0.05) is 18.0 Å². The fourth-order valence-corrected chi connectivity index (χ4v) is 2.07. The lowest BCUT2D eigenvalue weighted by atomic mass is 9.97. The number of carbonyl (C=O) groups excluding carboxylic acids is 1. The minimum atomic E-state index is -0.678. The lowest BCUT2D eigenvalue weighted by Crippen LogP contribution is -2.48. The van der Waals surface area contributed by atoms with E-state index in [2.05, 4.69) is 6.58 Å². The number of ether oxygens (including phenoxy) is 1. The standard InChI is InChI=1S/C11H18NO3/c1-6-9(13)15-8-7-10(2,3)12(14)11(8,4)5/h6,8H,1,7H2,2-5H3. The van der Waals surface area contributed by atoms with Crippen LogP contribution in [-0.2, 0) is 14.7 Å². The maximum atomic E-state index is 11.9. The Kier molecular flexibility index (Phi) is 2.94. The molecule has 0 saturated carbocycles. The van der Waals surface area contributed by atoms with Gasteiger partial charge in [-0.25, -0.2) is 4.79 Å². The van der Waals surface area contributed by atoms with Crippen LogP contribution < -0.4 is 0 Å². The van der Waals surface area contributed by atoms with Gasteiger partial charge in [-0.05, 0) is 27.7 Å². The van der Waals surface area contributed by atoms with E-state index in [1.165, 1.54) is 0 Å². The first-order valence-electron chi connectivity index (χ1n) is 5.02. The Morgan fingerprint density at radius 3 is 2.33 bits per heavy atom. The van der Waals surface area contributed by atoms with E-state index >= 15 is 0 Å². The second kappa shape index (κ2) is 3.61. The summed E-state index contributed by atoms with van der Waals surface area (Å²) in [6.07, 6.45) is 1.29. The topological polar surface area (TPSA) is 49.4 Å². The highest BCUT2D eigenvalue weighted by molar-refractivity contribution is 5.81. The number of nitrogens with zero attached hydrogens (tertiary/aromatic N) is 1. The van der Waals surface area contributed by atoms with Crippen molar-refractivity contribution in [1.29, 1.82) is 0 Å². The molecule has 4 nitrogen and oxygen atoms in total. The maximum Gasteiger partial charge on any atom is 0.330 e. The van der Waals surface area contributed by atoms with E-state index in [-0.39, 0.29) is 6.10 Å². The highest BCUT2D eigenvalue weighted by Gasteiger charge is 2.54. The van der Waals surface area contributed by atoms with E-state index in [1.807, 2.05) is 13.8 Å². The highest BCUT2D eigenvalue weighted by atomic mass is 16.6. The fourth-order valence-electron chi connectivity index (χ4n) is 2.07. The van der Waals surface area contributed by atoms with Crippen molar-refractivity contribution >= 4 is 5.97 Å². The van der Waals surface area contributed by atoms with E-state index < -0.39 is 17.0 Å². The minimum absolute atomic E-state index is 0.379. The molecule has 0 aromatic heterocycles. The SMILES string of the molecule is C=CC(=O)OC1CC(C)(C)N([O])C1(C)C. The normalized spacial score (nSPS) is 28.7. The smallest absolute Gasteiger partial charge is 0.330 e. The summed E-state index contributed by atoms with van der Waals surface area (Å²) in [5.74, 6) is -0.473. The highest BCUT2D eigenvalue weighted by Crippen LogP contribution is 2.41. The van der Waals surface area contributed by atoms with Gasteiger partial charge in [-0.15, -0.1) is 10.3 Å². The van der Waals surface area contributed by atoms with Gasteiger partial charge in [0.15, 0.2) is 0 Å². The summed E-state index contributed by atoms with van der Waals surface area (Å²) < 4.78 is 5.18. The molecule has 1 aliphatic heterocycles. The summed E-state index contributed by atoms with van der Waals surface area (Å²) in [7, 11) is 0. The molecule has 1 aliphatic rings. The Morgan fingerprint density at radius 2 is 2.00 bits per heavy atom. The number of carbonyl (C=O) groups is 1. The maximum absolute atomic E-state index is 11.9. The summed E-state index contributed by atoms with van der Waals surface area (Å²) >= 11 is 0. The molecule has 0 bridgehead atoms. The summed E-state index contributed by atoms with van der Waals surface area (Å²) in [5, 5.41) is 12.9. The van der Waals surface area contributed by atoms with Crippen molar-refractivity contribution in [2.45, 2.75) is 51.3 Å². The van der Waals surface area contributed by atoms with Crippen LogP contribution in [0.5, 0.6) is 0 Å². The van der Waals surface area contributed by atoms with Crippen LogP contribution in [-0.4, -0.2) is 28.2 Å². The van der Waals surface area contributed by atoms with E-state index in [1.54, 1.807) is 13.8 Å². The Bertz CT molecular complexity index is 284. The molecule has 0 amide bonds. The Hall–Kier alpha value is -0.870. The molecular weight excluding hydrogens is 194 g/mol. The van der Waals surface area contributed by atoms with Crippen LogP contribution in [0.15, 0.2) is 12.7 Å². The van der Waals surface area contributed by atoms with Gasteiger partial charge < -0.3 is 4.74 Å². The zero-order valence-corrected chi connectivity index (χ0v) is 9.74. The second-order valence-corrected chi connectivity index (χ2v) is 5.09. The molecule has 85 valence electrons. The lowest BCUT2D eigenvalue weighted by molar-refractivity contribution is -0.252. The summed E-state index contributed by atoms with van der Waals surface area (Å²) in [4.78, 5) is 11.1. The van der Waals surface area contributed by atoms with Gasteiger partial charge in [0.2, 0.25) is 0 Å². The van der Waals surface area contributed by atoms with Gasteiger partial charge in [-0.3, -0.25) is 0 Å². The first kappa shape index (κ1) is 12.2. The van der Waals surface area contributed by atoms with Crippen LogP contribution in [0, 0.1) is 0 Å². The predicted octanol–water partition coefficient (Wildman–Crippen LogP) is 1.69. The molecule has 1 heterocycles. The van der Waals surface area contributed by atoms with Gasteiger partial charge in [-0.1, -0.05) is 6.58 Å². The average Bonchev–Trinajstić information content (AvgIpc) is 2.27. The van der Waals surface area contributed by atoms with Crippen LogP contribution >= 0.6 is 0 Å². The summed E-state index contributed by atoms with van der Waals surface area (Å²) in [6, 6.07) is 0. The van der Waals surface area contributed by atoms with Crippen molar-refractivity contribution in [3.05, 3.63) is 12.7 Å². The van der Waals surface area contributed by atoms with Crippen molar-refractivity contribution in [3.8, 4) is 0 Å². The number of hydrogen-bond donors (Lipinski definition) is 0. The number of esters is 1. The van der Waals surface area contributed by atoms with E-state index in [0.717, 1.165) is 11.1 Å². The summed E-state index contributed by atoms with van der Waals surface area (Å²) in [6.45, 7) is 10.6. The zero-order chi connectivity index (χ0) is 11.9. The molecule has 4 heteroatoms. The molecule has 1 unspecified atom stereocenters. The molecule has 0 aromatic carbocycles. The number of hydrogen-bond acceptors (Lipinski definition) is 3. The van der Waals surface area contributed by atoms with Crippen molar-refractivity contribution in [1.82, 2.24) is 5.06 Å². The second-order valence-electron chi connectivity index (χ2n) is 5.09. The van der Waals surface area contributed by atoms with Gasteiger partial charge in [0.25, 0.3) is 0 Å². The first-order valence-corrected chi connectivity index (χ1v) is 5.02. The molecule has 15 heavy (non-hydrogen) atoms. The Balaban J connectivity index is 2.84. The van der Waals surface area contributed by atoms with Crippen molar-refractivity contribution in [3.63, 3.8) is 0 Å². The number of rotatable bonds is 2. The molecule has 0 aromatic rings. The Labute approximate surface area is 90.5 Å². The van der Waals surface area contributed by atoms with Crippen molar-refractivity contribution in [2.75, 3.05) is 0 Å². The molecule has 0 N–H and O–H groups in total. The van der Waals surface area contributed by atoms with Gasteiger partial charge in [0.05, 0.1) is 5.54 Å². The largest absolute Gasteiger partial charge is 0.457 e. The minimum Gasteiger partial charge on any atom is -0.457 e. The molecule has 1 atom stereocenters. The third-order valence-corrected chi connectivity index (χ3v) is 2.97. The van der Waals surface area contributed by atoms with E-state index in [0.29, 0.717) is 6.42 Å². The quantitative estimate of drug-likeness (QED) is 0.517. The van der Waals surface area contributed by atoms with Crippen molar-refractivity contribution < 1.29 is 14.7 Å². The first-order chi connectivity index (χ1) is 6.71. The van der Waals surface area contributed by atoms with Crippen LogP contribution in [0.4, 0.5) is 0 Å². The lowest BCUT2D eigenvalue weighted by Gasteiger charge is -2.32. The molecular formula is C11H18NO3. The monoisotopic (exact) mass is 212 g/mol. The van der Waals surface area contributed by atoms with E-state index in [4.69, 9.17) is 4.74 Å². The third-order valence-electron chi connectivity index (χ3n) is 2.97. The third kappa shape index (κ3) is 2.06. The van der Waals surface area contributed by atoms with Crippen LogP contribution in [0.2, 0.25) is 0 Å². The van der Waals surface area contributed by atoms with Crippen molar-refractivity contribution in [2.24, 2.45) is 0 Å². The molecule has 0 spiro atoms. The van der Waals surface area contributed by atoms with Crippen LogP contribution in [0.3, 0.4) is 0 Å². The molecule has 1 rings (SSSR count). The van der Waals surface area contributed by atoms with Gasteiger partial charge in [-0.2, -0.15) is 0 Å². The predicted molar refractivity (Wildman–Crippen MR) is 55.4 cm³/mol. The average molecular weight is 212 g/mol. The molecule has 1 saturated heterocycles. The zero-order valence-electron chi connectivity index (χ0n) is 9.74. The summed E-state index contributed by atoms with van der Waals surface area (Å²) in [5.41, 5.74) is -1.17. The van der Waals surface area contributed by atoms with E-state index in [9.17, 15) is 10.0 Å². The van der Waals surface area contributed by atoms with Crippen LogP contribution in [0.25, 0.3) is 0 Å². The van der Waals surface area contributed by atoms with Gasteiger partial charge in [0.1, 0.15) is 6.10 Å². The fraction of sp³-hybridized carbons (Fsp3) is 0.727. The van der Waals surface area contributed by atoms with Gasteiger partial charge >= 0.3 is 5.97 Å². The Morgan fingerprint density at radius 1 is 1.47 bits per heavy atom.